The van der Waals surface area contributed by atoms with E-state index in [4.69, 9.17) is 34.4 Å². The second-order valence-electron chi connectivity index (χ2n) is 13.9. The van der Waals surface area contributed by atoms with Crippen LogP contribution in [-0.2, 0) is 27.7 Å². The molecule has 15 nitrogen and oxygen atoms in total. The van der Waals surface area contributed by atoms with Crippen molar-refractivity contribution >= 4 is 28.2 Å². The van der Waals surface area contributed by atoms with E-state index in [-0.39, 0.29) is 30.3 Å². The van der Waals surface area contributed by atoms with E-state index in [2.05, 4.69) is 38.9 Å². The van der Waals surface area contributed by atoms with E-state index in [0.717, 1.165) is 79.7 Å². The highest BCUT2D eigenvalue weighted by molar-refractivity contribution is 7.16. The molecule has 268 valence electrons. The predicted molar refractivity (Wildman–Crippen MR) is 188 cm³/mol. The van der Waals surface area contributed by atoms with Crippen LogP contribution in [0.4, 0.5) is 15.6 Å². The van der Waals surface area contributed by atoms with Crippen molar-refractivity contribution in [2.45, 2.75) is 88.0 Å². The molecule has 6 heterocycles. The number of nitrogen functional groups attached to an aromatic ring is 1. The number of aryl methyl sites for hydroxylation is 1. The average Bonchev–Trinajstić information content (AvgIpc) is 3.96. The molecule has 0 bridgehead atoms. The van der Waals surface area contributed by atoms with Gasteiger partial charge in [-0.25, -0.2) is 14.5 Å². The Labute approximate surface area is 299 Å². The molecule has 4 aromatic rings. The molecular weight excluding hydrogens is 673 g/mol. The number of carbonyl (C=O) groups excluding carboxylic acids is 1. The third-order valence-electron chi connectivity index (χ3n) is 10.8. The summed E-state index contributed by atoms with van der Waals surface area (Å²) < 4.78 is 25.6. The molecular formula is C35H42N10O5S. The average molecular weight is 715 g/mol. The van der Waals surface area contributed by atoms with Gasteiger partial charge in [0.05, 0.1) is 35.8 Å². The summed E-state index contributed by atoms with van der Waals surface area (Å²) in [6.45, 7) is 4.04. The van der Waals surface area contributed by atoms with Crippen LogP contribution in [0.5, 0.6) is 5.88 Å². The summed E-state index contributed by atoms with van der Waals surface area (Å²) in [5, 5.41) is 25.6. The van der Waals surface area contributed by atoms with Gasteiger partial charge >= 0.3 is 6.03 Å². The number of methoxy groups -OCH3 is 1. The molecule has 2 fully saturated rings. The number of urea groups is 1. The summed E-state index contributed by atoms with van der Waals surface area (Å²) in [4.78, 5) is 25.9. The van der Waals surface area contributed by atoms with Gasteiger partial charge in [-0.15, -0.1) is 16.4 Å². The fourth-order valence-corrected chi connectivity index (χ4v) is 9.69. The summed E-state index contributed by atoms with van der Waals surface area (Å²) in [7, 11) is 3.80. The summed E-state index contributed by atoms with van der Waals surface area (Å²) >= 11 is 1.51. The molecule has 2 saturated heterocycles. The lowest BCUT2D eigenvalue weighted by Crippen LogP contribution is -2.44. The largest absolute Gasteiger partial charge is 0.473 e. The molecule has 2 aliphatic carbocycles. The molecule has 1 unspecified atom stereocenters. The number of hydrogen-bond acceptors (Lipinski definition) is 13. The van der Waals surface area contributed by atoms with Crippen molar-refractivity contribution in [1.82, 2.24) is 35.1 Å². The van der Waals surface area contributed by atoms with Gasteiger partial charge in [0, 0.05) is 49.0 Å². The van der Waals surface area contributed by atoms with Gasteiger partial charge in [0.25, 0.3) is 0 Å². The first-order valence-electron chi connectivity index (χ1n) is 17.6. The number of nitrogens with zero attached hydrogens (tertiary/aromatic N) is 7. The smallest absolute Gasteiger partial charge is 0.320 e. The van der Waals surface area contributed by atoms with Gasteiger partial charge in [0.15, 0.2) is 28.9 Å². The van der Waals surface area contributed by atoms with E-state index in [0.29, 0.717) is 52.8 Å². The number of amides is 2. The molecule has 0 aromatic carbocycles. The molecule has 51 heavy (non-hydrogen) atoms. The number of hydrogen-bond donors (Lipinski definition) is 3. The molecule has 1 spiro atoms. The Morgan fingerprint density at radius 2 is 2.10 bits per heavy atom. The summed E-state index contributed by atoms with van der Waals surface area (Å²) in [6.07, 6.45) is 8.33. The maximum Gasteiger partial charge on any atom is 0.320 e. The highest BCUT2D eigenvalue weighted by Gasteiger charge is 2.49. The number of thiophene rings is 1. The van der Waals surface area contributed by atoms with Crippen LogP contribution in [0.1, 0.15) is 72.8 Å². The third-order valence-corrected chi connectivity index (χ3v) is 11.9. The second-order valence-corrected chi connectivity index (χ2v) is 15.1. The van der Waals surface area contributed by atoms with Crippen molar-refractivity contribution in [3.63, 3.8) is 0 Å². The van der Waals surface area contributed by atoms with Crippen LogP contribution in [0.2, 0.25) is 0 Å². The maximum absolute atomic E-state index is 12.7. The number of nitrogens with two attached hydrogens (primary N) is 1. The van der Waals surface area contributed by atoms with Crippen molar-refractivity contribution < 1.29 is 23.5 Å². The van der Waals surface area contributed by atoms with Gasteiger partial charge in [-0.05, 0) is 70.9 Å². The molecule has 4 aliphatic rings. The van der Waals surface area contributed by atoms with E-state index in [1.807, 2.05) is 6.92 Å². The van der Waals surface area contributed by atoms with Crippen molar-refractivity contribution in [3.8, 4) is 29.3 Å². The van der Waals surface area contributed by atoms with Gasteiger partial charge < -0.3 is 29.8 Å². The lowest BCUT2D eigenvalue weighted by atomic mass is 9.63. The number of nitrogens with one attached hydrogen (secondary N) is 2. The minimum Gasteiger partial charge on any atom is -0.473 e. The predicted octanol–water partition coefficient (Wildman–Crippen LogP) is 4.19. The second kappa shape index (κ2) is 13.5. The summed E-state index contributed by atoms with van der Waals surface area (Å²) in [5.74, 6) is 2.24. The Kier molecular flexibility index (Phi) is 8.91. The molecule has 5 atom stereocenters. The number of likely N-dealkylation sites (tertiary alicyclic amines) is 1. The summed E-state index contributed by atoms with van der Waals surface area (Å²) in [5.41, 5.74) is 8.92. The number of rotatable bonds is 8. The fourth-order valence-electron chi connectivity index (χ4n) is 8.53. The zero-order valence-corrected chi connectivity index (χ0v) is 29.8. The number of fused-ring (bicyclic) bond motifs is 4. The van der Waals surface area contributed by atoms with E-state index in [1.54, 1.807) is 30.1 Å². The van der Waals surface area contributed by atoms with Crippen LogP contribution in [0.15, 0.2) is 22.9 Å². The molecule has 0 saturated carbocycles. The molecule has 2 aliphatic heterocycles. The Hall–Kier alpha value is -4.56. The van der Waals surface area contributed by atoms with Crippen molar-refractivity contribution in [2.75, 3.05) is 45.0 Å². The SMILES string of the molecule is CO[C@H]1CCN(C)[C@@H]1[C@H](C)Oc1cc(-n2ccc(NC(=O)N[C@H]3CCOC3)n2)nc(-c2noc3c2CCCC32CCCc3sc(N)c(C#N)c32)n1. The van der Waals surface area contributed by atoms with E-state index in [9.17, 15) is 10.1 Å². The standard InChI is InChI=1S/C35H42N10O5S/c1-19(30-23(47-3)8-13-44(30)2)49-27-16-26(45-14-9-25(42-45)39-34(46)38-20-10-15-48-18-20)40-33(41-27)29-21-6-4-11-35(31(21)50-43-29)12-5-7-24-28(35)22(17-36)32(37)51-24/h9,14,16,19-20,23,30H,4-8,10-13,15,18,37H2,1-3H3,(H2,38,39,42,46)/t19-,20-,23-,30+,35?/m0/s1. The van der Waals surface area contributed by atoms with Crippen LogP contribution >= 0.6 is 11.3 Å². The lowest BCUT2D eigenvalue weighted by Gasteiger charge is -2.39. The van der Waals surface area contributed by atoms with Crippen LogP contribution in [-0.4, -0.2) is 94.0 Å². The molecule has 0 radical (unpaired) electrons. The zero-order chi connectivity index (χ0) is 35.3. The fraction of sp³-hybridized carbons (Fsp3) is 0.543. The van der Waals surface area contributed by atoms with E-state index in [1.165, 1.54) is 11.3 Å². The number of nitriles is 1. The monoisotopic (exact) mass is 714 g/mol. The molecule has 8 rings (SSSR count). The number of carbonyl (C=O) groups is 1. The Morgan fingerprint density at radius 3 is 2.88 bits per heavy atom. The van der Waals surface area contributed by atoms with Crippen molar-refractivity contribution in [3.05, 3.63) is 45.7 Å². The van der Waals surface area contributed by atoms with E-state index >= 15 is 0 Å². The van der Waals surface area contributed by atoms with Gasteiger partial charge in [-0.2, -0.15) is 10.2 Å². The van der Waals surface area contributed by atoms with Crippen LogP contribution < -0.4 is 21.1 Å². The summed E-state index contributed by atoms with van der Waals surface area (Å²) in [6, 6.07) is 5.45. The van der Waals surface area contributed by atoms with Gasteiger partial charge in [0.2, 0.25) is 5.88 Å². The maximum atomic E-state index is 12.7. The van der Waals surface area contributed by atoms with Gasteiger partial charge in [-0.1, -0.05) is 5.16 Å². The molecule has 4 N–H and O–H groups in total. The quantitative estimate of drug-likeness (QED) is 0.236. The Morgan fingerprint density at radius 1 is 1.25 bits per heavy atom. The molecule has 2 amide bonds. The van der Waals surface area contributed by atoms with Crippen LogP contribution in [0.3, 0.4) is 0 Å². The lowest BCUT2D eigenvalue weighted by molar-refractivity contribution is 0.0174. The highest BCUT2D eigenvalue weighted by Crippen LogP contribution is 2.55. The first-order chi connectivity index (χ1) is 24.8. The van der Waals surface area contributed by atoms with Gasteiger partial charge in [0.1, 0.15) is 17.2 Å². The number of anilines is 2. The van der Waals surface area contributed by atoms with Crippen molar-refractivity contribution in [1.29, 1.82) is 5.26 Å². The Balaban J connectivity index is 1.16. The number of ether oxygens (including phenoxy) is 3. The van der Waals surface area contributed by atoms with Gasteiger partial charge in [-0.3, -0.25) is 10.2 Å². The molecule has 4 aromatic heterocycles. The normalized spacial score (nSPS) is 24.9. The first-order valence-corrected chi connectivity index (χ1v) is 18.4. The first kappa shape index (κ1) is 33.6. The van der Waals surface area contributed by atoms with Crippen molar-refractivity contribution in [2.24, 2.45) is 0 Å². The van der Waals surface area contributed by atoms with Crippen LogP contribution in [0.25, 0.3) is 17.3 Å². The Bertz CT molecular complexity index is 1970. The number of likely N-dealkylation sites (N-methyl/N-ethyl adjacent to an activating group) is 1. The number of aromatic nitrogens is 5. The topological polar surface area (TPSA) is 192 Å². The highest BCUT2D eigenvalue weighted by atomic mass is 32.1. The van der Waals surface area contributed by atoms with Crippen LogP contribution in [0, 0.1) is 11.3 Å². The minimum absolute atomic E-state index is 0.0219. The third kappa shape index (κ3) is 6.01. The zero-order valence-electron chi connectivity index (χ0n) is 29.0. The molecule has 16 heteroatoms. The minimum atomic E-state index is -0.479. The van der Waals surface area contributed by atoms with E-state index < -0.39 is 5.41 Å².